The van der Waals surface area contributed by atoms with Crippen molar-refractivity contribution < 1.29 is 9.53 Å². The molecule has 1 atom stereocenters. The Morgan fingerprint density at radius 3 is 2.72 bits per heavy atom. The van der Waals surface area contributed by atoms with Crippen molar-refractivity contribution in [2.24, 2.45) is 10.7 Å². The highest BCUT2D eigenvalue weighted by Crippen LogP contribution is 2.31. The summed E-state index contributed by atoms with van der Waals surface area (Å²) in [6, 6.07) is 7.81. The third-order valence-electron chi connectivity index (χ3n) is 4.61. The molecule has 0 aliphatic carbocycles. The van der Waals surface area contributed by atoms with Gasteiger partial charge in [0.05, 0.1) is 12.6 Å². The fourth-order valence-corrected chi connectivity index (χ4v) is 3.28. The number of likely N-dealkylation sites (tertiary alicyclic amines) is 1. The molecule has 0 radical (unpaired) electrons. The molecular formula is C18H27IN4O2. The van der Waals surface area contributed by atoms with E-state index < -0.39 is 0 Å². The fraction of sp³-hybridized carbons (Fsp3) is 0.556. The van der Waals surface area contributed by atoms with E-state index in [-0.39, 0.29) is 42.5 Å². The SMILES string of the molecule is I.NC(=NCC(=O)NC1CCOc2ccccc21)N1CCCCCC1. The van der Waals surface area contributed by atoms with E-state index in [4.69, 9.17) is 10.5 Å². The van der Waals surface area contributed by atoms with E-state index in [0.717, 1.165) is 43.7 Å². The molecule has 3 rings (SSSR count). The molecule has 3 N–H and O–H groups in total. The minimum absolute atomic E-state index is 0. The number of nitrogens with two attached hydrogens (primary N) is 1. The van der Waals surface area contributed by atoms with E-state index in [1.54, 1.807) is 0 Å². The predicted molar refractivity (Wildman–Crippen MR) is 109 cm³/mol. The van der Waals surface area contributed by atoms with E-state index in [0.29, 0.717) is 12.6 Å². The normalized spacial score (nSPS) is 20.6. The van der Waals surface area contributed by atoms with Crippen molar-refractivity contribution >= 4 is 35.8 Å². The summed E-state index contributed by atoms with van der Waals surface area (Å²) in [6.07, 6.45) is 5.54. The van der Waals surface area contributed by atoms with Gasteiger partial charge in [-0.15, -0.1) is 24.0 Å². The lowest BCUT2D eigenvalue weighted by molar-refractivity contribution is -0.120. The lowest BCUT2D eigenvalue weighted by Gasteiger charge is -2.26. The lowest BCUT2D eigenvalue weighted by atomic mass is 10.0. The summed E-state index contributed by atoms with van der Waals surface area (Å²) in [4.78, 5) is 18.6. The minimum Gasteiger partial charge on any atom is -0.493 e. The summed E-state index contributed by atoms with van der Waals surface area (Å²) in [6.45, 7) is 2.55. The van der Waals surface area contributed by atoms with Crippen molar-refractivity contribution in [2.45, 2.75) is 38.1 Å². The molecule has 0 aromatic heterocycles. The first-order valence-electron chi connectivity index (χ1n) is 8.80. The van der Waals surface area contributed by atoms with Crippen molar-refractivity contribution in [3.8, 4) is 5.75 Å². The summed E-state index contributed by atoms with van der Waals surface area (Å²) >= 11 is 0. The Bertz CT molecular complexity index is 600. The number of hydrogen-bond acceptors (Lipinski definition) is 3. The molecule has 0 spiro atoms. The number of carbonyl (C=O) groups excluding carboxylic acids is 1. The van der Waals surface area contributed by atoms with Crippen molar-refractivity contribution in [1.29, 1.82) is 0 Å². The maximum Gasteiger partial charge on any atom is 0.242 e. The van der Waals surface area contributed by atoms with Gasteiger partial charge in [0, 0.05) is 25.1 Å². The maximum atomic E-state index is 12.2. The molecule has 1 unspecified atom stereocenters. The highest BCUT2D eigenvalue weighted by atomic mass is 127. The van der Waals surface area contributed by atoms with Crippen LogP contribution < -0.4 is 15.8 Å². The molecule has 138 valence electrons. The number of halogens is 1. The topological polar surface area (TPSA) is 79.9 Å². The average Bonchev–Trinajstić information content (AvgIpc) is 2.89. The van der Waals surface area contributed by atoms with Gasteiger partial charge in [-0.3, -0.25) is 4.79 Å². The first kappa shape index (κ1) is 19.8. The van der Waals surface area contributed by atoms with Crippen LogP contribution in [-0.2, 0) is 4.79 Å². The van der Waals surface area contributed by atoms with Gasteiger partial charge in [-0.2, -0.15) is 0 Å². The molecule has 2 heterocycles. The second-order valence-electron chi connectivity index (χ2n) is 6.37. The predicted octanol–water partition coefficient (Wildman–Crippen LogP) is 2.44. The summed E-state index contributed by atoms with van der Waals surface area (Å²) in [5, 5.41) is 3.05. The molecule has 1 amide bonds. The van der Waals surface area contributed by atoms with Crippen molar-refractivity contribution in [3.05, 3.63) is 29.8 Å². The van der Waals surface area contributed by atoms with Gasteiger partial charge in [-0.05, 0) is 18.9 Å². The first-order valence-corrected chi connectivity index (χ1v) is 8.80. The standard InChI is InChI=1S/C18H26N4O2.HI/c19-18(22-10-5-1-2-6-11-22)20-13-17(23)21-15-9-12-24-16-8-4-3-7-14(15)16;/h3-4,7-8,15H,1-2,5-6,9-13H2,(H2,19,20)(H,21,23);1H. The minimum atomic E-state index is -0.102. The fourth-order valence-electron chi connectivity index (χ4n) is 3.28. The zero-order valence-electron chi connectivity index (χ0n) is 14.4. The number of benzene rings is 1. The van der Waals surface area contributed by atoms with E-state index >= 15 is 0 Å². The van der Waals surface area contributed by atoms with Gasteiger partial charge >= 0.3 is 0 Å². The van der Waals surface area contributed by atoms with Crippen LogP contribution in [0.4, 0.5) is 0 Å². The van der Waals surface area contributed by atoms with Gasteiger partial charge in [0.25, 0.3) is 0 Å². The molecule has 1 aromatic rings. The molecule has 1 fully saturated rings. The molecule has 2 aliphatic heterocycles. The van der Waals surface area contributed by atoms with Gasteiger partial charge in [-0.25, -0.2) is 4.99 Å². The van der Waals surface area contributed by atoms with Gasteiger partial charge in [0.1, 0.15) is 12.3 Å². The van der Waals surface area contributed by atoms with Crippen LogP contribution in [0, 0.1) is 0 Å². The summed E-state index contributed by atoms with van der Waals surface area (Å²) in [7, 11) is 0. The third kappa shape index (κ3) is 5.49. The molecule has 2 aliphatic rings. The number of amides is 1. The van der Waals surface area contributed by atoms with Crippen LogP contribution in [0.3, 0.4) is 0 Å². The third-order valence-corrected chi connectivity index (χ3v) is 4.61. The molecular weight excluding hydrogens is 431 g/mol. The highest BCUT2D eigenvalue weighted by Gasteiger charge is 2.22. The number of para-hydroxylation sites is 1. The highest BCUT2D eigenvalue weighted by molar-refractivity contribution is 14.0. The van der Waals surface area contributed by atoms with Crippen molar-refractivity contribution in [3.63, 3.8) is 0 Å². The molecule has 1 aromatic carbocycles. The largest absolute Gasteiger partial charge is 0.493 e. The molecule has 25 heavy (non-hydrogen) atoms. The molecule has 0 saturated carbocycles. The average molecular weight is 458 g/mol. The van der Waals surface area contributed by atoms with Gasteiger partial charge in [-0.1, -0.05) is 31.0 Å². The van der Waals surface area contributed by atoms with Gasteiger partial charge < -0.3 is 20.7 Å². The Morgan fingerprint density at radius 2 is 1.96 bits per heavy atom. The Morgan fingerprint density at radius 1 is 1.24 bits per heavy atom. The van der Waals surface area contributed by atoms with Gasteiger partial charge in [0.2, 0.25) is 5.91 Å². The zero-order valence-corrected chi connectivity index (χ0v) is 16.8. The lowest BCUT2D eigenvalue weighted by Crippen LogP contribution is -2.39. The van der Waals surface area contributed by atoms with Crippen LogP contribution in [0.5, 0.6) is 5.75 Å². The number of nitrogens with zero attached hydrogens (tertiary/aromatic N) is 2. The Kier molecular flexibility index (Phi) is 7.80. The second kappa shape index (κ2) is 9.84. The van der Waals surface area contributed by atoms with Crippen LogP contribution in [0.2, 0.25) is 0 Å². The molecule has 6 nitrogen and oxygen atoms in total. The van der Waals surface area contributed by atoms with Crippen LogP contribution in [-0.4, -0.2) is 43.0 Å². The van der Waals surface area contributed by atoms with Gasteiger partial charge in [0.15, 0.2) is 5.96 Å². The zero-order chi connectivity index (χ0) is 16.8. The summed E-state index contributed by atoms with van der Waals surface area (Å²) in [5.74, 6) is 1.23. The van der Waals surface area contributed by atoms with Crippen LogP contribution in [0.1, 0.15) is 43.7 Å². The first-order chi connectivity index (χ1) is 11.7. The quantitative estimate of drug-likeness (QED) is 0.415. The van der Waals surface area contributed by atoms with Crippen LogP contribution in [0.15, 0.2) is 29.3 Å². The molecule has 1 saturated heterocycles. The smallest absolute Gasteiger partial charge is 0.242 e. The monoisotopic (exact) mass is 458 g/mol. The van der Waals surface area contributed by atoms with E-state index in [2.05, 4.69) is 15.2 Å². The van der Waals surface area contributed by atoms with Crippen LogP contribution in [0.25, 0.3) is 0 Å². The number of fused-ring (bicyclic) bond motifs is 1. The number of aliphatic imine (C=N–C) groups is 1. The Labute approximate surface area is 166 Å². The molecule has 0 bridgehead atoms. The van der Waals surface area contributed by atoms with Crippen LogP contribution >= 0.6 is 24.0 Å². The number of ether oxygens (including phenoxy) is 1. The number of carbonyl (C=O) groups is 1. The number of guanidine groups is 1. The van der Waals surface area contributed by atoms with Crippen molar-refractivity contribution in [1.82, 2.24) is 10.2 Å². The van der Waals surface area contributed by atoms with E-state index in [1.165, 1.54) is 12.8 Å². The van der Waals surface area contributed by atoms with E-state index in [9.17, 15) is 4.79 Å². The second-order valence-corrected chi connectivity index (χ2v) is 6.37. The number of rotatable bonds is 3. The number of hydrogen-bond donors (Lipinski definition) is 2. The Hall–Kier alpha value is -1.51. The summed E-state index contributed by atoms with van der Waals surface area (Å²) < 4.78 is 5.62. The maximum absolute atomic E-state index is 12.2. The number of nitrogens with one attached hydrogen (secondary N) is 1. The van der Waals surface area contributed by atoms with E-state index in [1.807, 2.05) is 24.3 Å². The van der Waals surface area contributed by atoms with Crippen molar-refractivity contribution in [2.75, 3.05) is 26.2 Å². The molecule has 7 heteroatoms. The Balaban J connectivity index is 0.00000225. The summed E-state index contributed by atoms with van der Waals surface area (Å²) in [5.41, 5.74) is 7.08.